The van der Waals surface area contributed by atoms with Gasteiger partial charge < -0.3 is 14.5 Å². The van der Waals surface area contributed by atoms with E-state index in [0.717, 1.165) is 11.1 Å². The topological polar surface area (TPSA) is 76.7 Å². The lowest BCUT2D eigenvalue weighted by Gasteiger charge is -2.07. The van der Waals surface area contributed by atoms with Crippen LogP contribution < -0.4 is 15.6 Å². The van der Waals surface area contributed by atoms with Crippen molar-refractivity contribution in [2.75, 3.05) is 12.4 Å². The van der Waals surface area contributed by atoms with Gasteiger partial charge >= 0.3 is 0 Å². The highest BCUT2D eigenvalue weighted by atomic mass is 19.1. The highest BCUT2D eigenvalue weighted by Crippen LogP contribution is 2.23. The van der Waals surface area contributed by atoms with Gasteiger partial charge in [0.2, 0.25) is 5.55 Å². The van der Waals surface area contributed by atoms with Crippen LogP contribution in [0.4, 0.5) is 15.9 Å². The van der Waals surface area contributed by atoms with Crippen molar-refractivity contribution >= 4 is 28.4 Å². The molecule has 6 nitrogen and oxygen atoms in total. The standard InChI is InChI=1S/C23H18FN3O3/c1-14-6-5-9-21(25-14)27-22(28)17-12-15-7-3-4-8-19(15)30-23(17)26-16-10-11-20(29-2)18(24)13-16/h3-13H,1-2H3,(H,25,27,28). The number of para-hydroxylation sites is 1. The van der Waals surface area contributed by atoms with Crippen molar-refractivity contribution in [3.8, 4) is 5.75 Å². The second-order valence-electron chi connectivity index (χ2n) is 6.55. The van der Waals surface area contributed by atoms with Gasteiger partial charge in [-0.1, -0.05) is 24.3 Å². The number of halogens is 1. The molecule has 0 radical (unpaired) electrons. The fourth-order valence-electron chi connectivity index (χ4n) is 2.95. The van der Waals surface area contributed by atoms with Gasteiger partial charge in [0.15, 0.2) is 11.6 Å². The summed E-state index contributed by atoms with van der Waals surface area (Å²) >= 11 is 0. The number of fused-ring (bicyclic) bond motifs is 1. The molecule has 1 N–H and O–H groups in total. The van der Waals surface area contributed by atoms with Crippen LogP contribution in [0.2, 0.25) is 0 Å². The summed E-state index contributed by atoms with van der Waals surface area (Å²) in [6, 6.07) is 18.5. The summed E-state index contributed by atoms with van der Waals surface area (Å²) in [6.45, 7) is 1.83. The fraction of sp³-hybridized carbons (Fsp3) is 0.0870. The summed E-state index contributed by atoms with van der Waals surface area (Å²) < 4.78 is 24.9. The second kappa shape index (κ2) is 8.16. The highest BCUT2D eigenvalue weighted by molar-refractivity contribution is 6.04. The molecule has 0 saturated heterocycles. The van der Waals surface area contributed by atoms with Crippen LogP contribution in [0, 0.1) is 12.7 Å². The van der Waals surface area contributed by atoms with E-state index in [2.05, 4.69) is 15.3 Å². The van der Waals surface area contributed by atoms with Gasteiger partial charge in [0, 0.05) is 17.1 Å². The Bertz CT molecular complexity index is 1310. The maximum atomic E-state index is 14.1. The van der Waals surface area contributed by atoms with E-state index in [1.165, 1.54) is 19.2 Å². The molecule has 0 atom stereocenters. The van der Waals surface area contributed by atoms with Crippen LogP contribution in [0.25, 0.3) is 11.0 Å². The third-order valence-electron chi connectivity index (χ3n) is 4.40. The summed E-state index contributed by atoms with van der Waals surface area (Å²) in [5.41, 5.74) is 1.87. The van der Waals surface area contributed by atoms with E-state index in [9.17, 15) is 9.18 Å². The monoisotopic (exact) mass is 403 g/mol. The van der Waals surface area contributed by atoms with Crippen LogP contribution >= 0.6 is 0 Å². The van der Waals surface area contributed by atoms with Crippen LogP contribution in [0.3, 0.4) is 0 Å². The van der Waals surface area contributed by atoms with Gasteiger partial charge in [-0.15, -0.1) is 0 Å². The SMILES string of the molecule is COc1ccc(N=c2oc3ccccc3cc2C(=O)Nc2cccc(C)n2)cc1F. The molecule has 30 heavy (non-hydrogen) atoms. The molecule has 7 heteroatoms. The lowest BCUT2D eigenvalue weighted by molar-refractivity contribution is 0.102. The summed E-state index contributed by atoms with van der Waals surface area (Å²) in [5, 5.41) is 3.49. The number of carbonyl (C=O) groups excluding carboxylic acids is 1. The number of methoxy groups -OCH3 is 1. The Morgan fingerprint density at radius 2 is 1.93 bits per heavy atom. The number of aromatic nitrogens is 1. The molecule has 4 aromatic rings. The van der Waals surface area contributed by atoms with Crippen molar-refractivity contribution in [3.63, 3.8) is 0 Å². The third kappa shape index (κ3) is 4.05. The quantitative estimate of drug-likeness (QED) is 0.533. The van der Waals surface area contributed by atoms with E-state index in [4.69, 9.17) is 9.15 Å². The van der Waals surface area contributed by atoms with Crippen LogP contribution in [0.1, 0.15) is 16.1 Å². The Balaban J connectivity index is 1.83. The number of ether oxygens (including phenoxy) is 1. The minimum Gasteiger partial charge on any atom is -0.494 e. The van der Waals surface area contributed by atoms with Crippen molar-refractivity contribution in [1.82, 2.24) is 4.98 Å². The highest BCUT2D eigenvalue weighted by Gasteiger charge is 2.14. The number of benzene rings is 2. The Hall–Kier alpha value is -4.00. The normalized spacial score (nSPS) is 11.5. The van der Waals surface area contributed by atoms with Gasteiger partial charge in [-0.05, 0) is 43.3 Å². The van der Waals surface area contributed by atoms with E-state index in [1.54, 1.807) is 30.3 Å². The summed E-state index contributed by atoms with van der Waals surface area (Å²) in [4.78, 5) is 21.6. The Morgan fingerprint density at radius 3 is 2.70 bits per heavy atom. The number of aryl methyl sites for hydroxylation is 1. The minimum atomic E-state index is -0.561. The lowest BCUT2D eigenvalue weighted by atomic mass is 10.1. The second-order valence-corrected chi connectivity index (χ2v) is 6.55. The number of amides is 1. The first-order valence-electron chi connectivity index (χ1n) is 9.19. The molecule has 0 fully saturated rings. The molecule has 0 bridgehead atoms. The molecule has 2 aromatic carbocycles. The van der Waals surface area contributed by atoms with E-state index >= 15 is 0 Å². The molecular formula is C23H18FN3O3. The first-order chi connectivity index (χ1) is 14.5. The maximum absolute atomic E-state index is 14.1. The maximum Gasteiger partial charge on any atom is 0.262 e. The number of anilines is 1. The van der Waals surface area contributed by atoms with Crippen molar-refractivity contribution in [2.24, 2.45) is 4.99 Å². The van der Waals surface area contributed by atoms with Crippen molar-refractivity contribution < 1.29 is 18.3 Å². The molecule has 2 aromatic heterocycles. The summed E-state index contributed by atoms with van der Waals surface area (Å²) in [5.74, 6) is -0.479. The molecular weight excluding hydrogens is 385 g/mol. The van der Waals surface area contributed by atoms with Crippen molar-refractivity contribution in [2.45, 2.75) is 6.92 Å². The molecule has 0 aliphatic rings. The Morgan fingerprint density at radius 1 is 1.10 bits per heavy atom. The van der Waals surface area contributed by atoms with Gasteiger partial charge in [0.25, 0.3) is 5.91 Å². The molecule has 0 unspecified atom stereocenters. The molecule has 0 spiro atoms. The smallest absolute Gasteiger partial charge is 0.262 e. The van der Waals surface area contributed by atoms with Crippen LogP contribution in [0.15, 0.2) is 76.1 Å². The molecule has 150 valence electrons. The van der Waals surface area contributed by atoms with Gasteiger partial charge in [-0.2, -0.15) is 0 Å². The molecule has 1 amide bonds. The number of carbonyl (C=O) groups is 1. The molecule has 2 heterocycles. The zero-order chi connectivity index (χ0) is 21.1. The number of nitrogens with one attached hydrogen (secondary N) is 1. The van der Waals surface area contributed by atoms with Gasteiger partial charge in [-0.25, -0.2) is 14.4 Å². The molecule has 0 saturated carbocycles. The van der Waals surface area contributed by atoms with Crippen molar-refractivity contribution in [3.05, 3.63) is 89.4 Å². The number of hydrogen-bond donors (Lipinski definition) is 1. The van der Waals surface area contributed by atoms with Gasteiger partial charge in [0.05, 0.1) is 12.8 Å². The number of rotatable bonds is 4. The zero-order valence-corrected chi connectivity index (χ0v) is 16.3. The van der Waals surface area contributed by atoms with Gasteiger partial charge in [0.1, 0.15) is 17.0 Å². The van der Waals surface area contributed by atoms with Gasteiger partial charge in [-0.3, -0.25) is 4.79 Å². The molecule has 0 aliphatic carbocycles. The van der Waals surface area contributed by atoms with E-state index in [0.29, 0.717) is 11.4 Å². The number of hydrogen-bond acceptors (Lipinski definition) is 5. The Labute approximate surface area is 171 Å². The Kier molecular flexibility index (Phi) is 5.26. The first-order valence-corrected chi connectivity index (χ1v) is 9.19. The van der Waals surface area contributed by atoms with Crippen LogP contribution in [0.5, 0.6) is 5.75 Å². The van der Waals surface area contributed by atoms with E-state index in [-0.39, 0.29) is 22.6 Å². The average molecular weight is 403 g/mol. The lowest BCUT2D eigenvalue weighted by Crippen LogP contribution is -2.22. The van der Waals surface area contributed by atoms with Crippen molar-refractivity contribution in [1.29, 1.82) is 0 Å². The van der Waals surface area contributed by atoms with E-state index < -0.39 is 11.7 Å². The fourth-order valence-corrected chi connectivity index (χ4v) is 2.95. The predicted octanol–water partition coefficient (Wildman–Crippen LogP) is 4.77. The third-order valence-corrected chi connectivity index (χ3v) is 4.40. The largest absolute Gasteiger partial charge is 0.494 e. The molecule has 0 aliphatic heterocycles. The first kappa shape index (κ1) is 19.3. The summed E-state index contributed by atoms with van der Waals surface area (Å²) in [6.07, 6.45) is 0. The molecule has 4 rings (SSSR count). The van der Waals surface area contributed by atoms with Crippen LogP contribution in [-0.4, -0.2) is 18.0 Å². The number of nitrogens with zero attached hydrogens (tertiary/aromatic N) is 2. The number of pyridine rings is 1. The average Bonchev–Trinajstić information content (AvgIpc) is 2.73. The van der Waals surface area contributed by atoms with E-state index in [1.807, 2.05) is 31.2 Å². The zero-order valence-electron chi connectivity index (χ0n) is 16.3. The summed E-state index contributed by atoms with van der Waals surface area (Å²) in [7, 11) is 1.38. The van der Waals surface area contributed by atoms with Crippen LogP contribution in [-0.2, 0) is 0 Å². The minimum absolute atomic E-state index is 0.0587. The predicted molar refractivity (Wildman–Crippen MR) is 111 cm³/mol.